The highest BCUT2D eigenvalue weighted by atomic mass is 35.5. The Bertz CT molecular complexity index is 1430. The van der Waals surface area contributed by atoms with Crippen molar-refractivity contribution in [1.82, 2.24) is 15.5 Å². The number of esters is 1. The zero-order chi connectivity index (χ0) is 28.5. The minimum atomic E-state index is -3.45. The Morgan fingerprint density at radius 2 is 1.85 bits per heavy atom. The van der Waals surface area contributed by atoms with Crippen LogP contribution in [-0.2, 0) is 25.6 Å². The molecule has 2 unspecified atom stereocenters. The SMILES string of the molecule is COC(=O)C1C(C(=O)NCc2ccc(-c3onc(C)c3NC(=O)O[C@H](C)c3ccccc3Cl)nc2C)C1(F)F. The van der Waals surface area contributed by atoms with Gasteiger partial charge in [-0.3, -0.25) is 14.9 Å². The van der Waals surface area contributed by atoms with Crippen molar-refractivity contribution < 1.29 is 37.2 Å². The molecule has 2 N–H and O–H groups in total. The summed E-state index contributed by atoms with van der Waals surface area (Å²) in [4.78, 5) is 40.8. The van der Waals surface area contributed by atoms with Gasteiger partial charge < -0.3 is 19.3 Å². The number of aryl methyl sites for hydroxylation is 2. The summed E-state index contributed by atoms with van der Waals surface area (Å²) >= 11 is 6.18. The van der Waals surface area contributed by atoms with E-state index in [1.807, 2.05) is 0 Å². The maximum absolute atomic E-state index is 13.9. The lowest BCUT2D eigenvalue weighted by Gasteiger charge is -2.15. The zero-order valence-electron chi connectivity index (χ0n) is 21.4. The van der Waals surface area contributed by atoms with E-state index < -0.39 is 41.8 Å². The largest absolute Gasteiger partial charge is 0.469 e. The summed E-state index contributed by atoms with van der Waals surface area (Å²) in [5.41, 5.74) is 2.62. The van der Waals surface area contributed by atoms with Crippen molar-refractivity contribution in [3.8, 4) is 11.5 Å². The van der Waals surface area contributed by atoms with E-state index in [0.717, 1.165) is 7.11 Å². The number of amides is 2. The van der Waals surface area contributed by atoms with Crippen molar-refractivity contribution in [2.24, 2.45) is 11.8 Å². The molecule has 3 aromatic rings. The normalized spacial score (nSPS) is 18.1. The molecule has 1 aromatic carbocycles. The van der Waals surface area contributed by atoms with E-state index in [-0.39, 0.29) is 18.0 Å². The fraction of sp³-hybridized carbons (Fsp3) is 0.346. The zero-order valence-corrected chi connectivity index (χ0v) is 22.1. The second-order valence-electron chi connectivity index (χ2n) is 8.98. The van der Waals surface area contributed by atoms with Gasteiger partial charge in [0.2, 0.25) is 11.7 Å². The number of carbonyl (C=O) groups excluding carboxylic acids is 3. The smallest absolute Gasteiger partial charge is 0.412 e. The van der Waals surface area contributed by atoms with E-state index in [9.17, 15) is 23.2 Å². The fourth-order valence-electron chi connectivity index (χ4n) is 4.12. The molecule has 2 heterocycles. The summed E-state index contributed by atoms with van der Waals surface area (Å²) in [6, 6.07) is 10.2. The molecular weight excluding hydrogens is 538 g/mol. The third-order valence-electron chi connectivity index (χ3n) is 6.39. The van der Waals surface area contributed by atoms with E-state index in [4.69, 9.17) is 20.9 Å². The number of rotatable bonds is 8. The molecule has 3 atom stereocenters. The van der Waals surface area contributed by atoms with Crippen LogP contribution in [0.25, 0.3) is 11.5 Å². The number of ether oxygens (including phenoxy) is 2. The summed E-state index contributed by atoms with van der Waals surface area (Å²) in [7, 11) is 0.990. The number of alkyl halides is 2. The summed E-state index contributed by atoms with van der Waals surface area (Å²) in [6.07, 6.45) is -1.39. The van der Waals surface area contributed by atoms with E-state index in [1.165, 1.54) is 0 Å². The molecule has 0 radical (unpaired) electrons. The molecule has 0 aliphatic heterocycles. The molecule has 10 nitrogen and oxygen atoms in total. The third kappa shape index (κ3) is 5.70. The van der Waals surface area contributed by atoms with Crippen molar-refractivity contribution in [3.63, 3.8) is 0 Å². The highest BCUT2D eigenvalue weighted by Gasteiger charge is 2.76. The van der Waals surface area contributed by atoms with Crippen LogP contribution in [0.3, 0.4) is 0 Å². The lowest BCUT2D eigenvalue weighted by Crippen LogP contribution is -2.27. The van der Waals surface area contributed by atoms with Gasteiger partial charge in [-0.1, -0.05) is 41.0 Å². The number of pyridine rings is 1. The third-order valence-corrected chi connectivity index (χ3v) is 6.73. The molecule has 13 heteroatoms. The molecule has 0 spiro atoms. The number of hydrogen-bond acceptors (Lipinski definition) is 8. The molecule has 1 fully saturated rings. The van der Waals surface area contributed by atoms with Crippen LogP contribution in [-0.4, -0.2) is 41.1 Å². The van der Waals surface area contributed by atoms with Crippen LogP contribution < -0.4 is 10.6 Å². The van der Waals surface area contributed by atoms with Crippen LogP contribution in [0.15, 0.2) is 40.9 Å². The molecule has 0 bridgehead atoms. The number of benzene rings is 1. The highest BCUT2D eigenvalue weighted by Crippen LogP contribution is 2.55. The molecule has 1 saturated carbocycles. The second kappa shape index (κ2) is 11.0. The number of nitrogens with one attached hydrogen (secondary N) is 2. The van der Waals surface area contributed by atoms with E-state index in [2.05, 4.69) is 25.5 Å². The predicted molar refractivity (Wildman–Crippen MR) is 135 cm³/mol. The standard InChI is InChI=1S/C26H25ClF2N4O6/c1-12-15(11-30-23(34)19-20(24(35)37-4)26(19,28)29)9-10-18(31-12)22-21(13(2)33-39-22)32-25(36)38-14(3)16-7-5-6-8-17(16)27/h5-10,14,19-20H,11H2,1-4H3,(H,30,34)(H,32,36)/t14-,19?,20?/m1/s1. The van der Waals surface area contributed by atoms with Gasteiger partial charge >= 0.3 is 12.1 Å². The first kappa shape index (κ1) is 28.0. The first-order chi connectivity index (χ1) is 18.4. The van der Waals surface area contributed by atoms with Crippen molar-refractivity contribution >= 4 is 35.3 Å². The van der Waals surface area contributed by atoms with Gasteiger partial charge in [-0.2, -0.15) is 0 Å². The fourth-order valence-corrected chi connectivity index (χ4v) is 4.41. The average Bonchev–Trinajstić information content (AvgIpc) is 3.30. The van der Waals surface area contributed by atoms with Crippen LogP contribution in [0, 0.1) is 25.7 Å². The number of hydrogen-bond donors (Lipinski definition) is 2. The van der Waals surface area contributed by atoms with E-state index >= 15 is 0 Å². The molecule has 1 aliphatic rings. The summed E-state index contributed by atoms with van der Waals surface area (Å²) in [5.74, 6) is -8.93. The van der Waals surface area contributed by atoms with E-state index in [0.29, 0.717) is 33.2 Å². The van der Waals surface area contributed by atoms with Crippen LogP contribution in [0.4, 0.5) is 19.3 Å². The number of anilines is 1. The number of carbonyl (C=O) groups is 3. The van der Waals surface area contributed by atoms with Crippen molar-refractivity contribution in [3.05, 3.63) is 63.9 Å². The lowest BCUT2D eigenvalue weighted by atomic mass is 10.1. The molecule has 39 heavy (non-hydrogen) atoms. The van der Waals surface area contributed by atoms with Gasteiger partial charge in [-0.25, -0.2) is 18.6 Å². The molecule has 1 aliphatic carbocycles. The average molecular weight is 563 g/mol. The topological polar surface area (TPSA) is 133 Å². The Morgan fingerprint density at radius 3 is 2.51 bits per heavy atom. The molecular formula is C26H25ClF2N4O6. The maximum atomic E-state index is 13.9. The molecule has 0 saturated heterocycles. The number of halogens is 3. The molecule has 206 valence electrons. The quantitative estimate of drug-likeness (QED) is 0.367. The van der Waals surface area contributed by atoms with Crippen molar-refractivity contribution in [2.45, 2.75) is 39.3 Å². The minimum Gasteiger partial charge on any atom is -0.469 e. The maximum Gasteiger partial charge on any atom is 0.412 e. The number of methoxy groups -OCH3 is 1. The molecule has 2 amide bonds. The van der Waals surface area contributed by atoms with Crippen LogP contribution in [0.1, 0.15) is 35.5 Å². The van der Waals surface area contributed by atoms with Gasteiger partial charge in [-0.15, -0.1) is 0 Å². The van der Waals surface area contributed by atoms with Crippen molar-refractivity contribution in [2.75, 3.05) is 12.4 Å². The first-order valence-electron chi connectivity index (χ1n) is 11.8. The second-order valence-corrected chi connectivity index (χ2v) is 9.39. The Hall–Kier alpha value is -4.06. The van der Waals surface area contributed by atoms with Crippen molar-refractivity contribution in [1.29, 1.82) is 0 Å². The van der Waals surface area contributed by atoms with Crippen LogP contribution >= 0.6 is 11.6 Å². The van der Waals surface area contributed by atoms with Gasteiger partial charge in [-0.05, 0) is 38.5 Å². The highest BCUT2D eigenvalue weighted by molar-refractivity contribution is 6.31. The predicted octanol–water partition coefficient (Wildman–Crippen LogP) is 4.99. The van der Waals surface area contributed by atoms with Gasteiger partial charge in [0, 0.05) is 22.8 Å². The number of aromatic nitrogens is 2. The lowest BCUT2D eigenvalue weighted by molar-refractivity contribution is -0.145. The van der Waals surface area contributed by atoms with Gasteiger partial charge in [0.15, 0.2) is 0 Å². The van der Waals surface area contributed by atoms with E-state index in [1.54, 1.807) is 57.2 Å². The van der Waals surface area contributed by atoms with Crippen LogP contribution in [0.2, 0.25) is 5.02 Å². The van der Waals surface area contributed by atoms with Gasteiger partial charge in [0.1, 0.15) is 35.0 Å². The Balaban J connectivity index is 1.42. The summed E-state index contributed by atoms with van der Waals surface area (Å²) in [6.45, 7) is 4.88. The summed E-state index contributed by atoms with van der Waals surface area (Å²) < 4.78 is 42.9. The van der Waals surface area contributed by atoms with Gasteiger partial charge in [0.05, 0.1) is 7.11 Å². The Morgan fingerprint density at radius 1 is 1.13 bits per heavy atom. The van der Waals surface area contributed by atoms with Gasteiger partial charge in [0.25, 0.3) is 5.92 Å². The monoisotopic (exact) mass is 562 g/mol. The first-order valence-corrected chi connectivity index (χ1v) is 12.2. The Kier molecular flexibility index (Phi) is 7.86. The molecule has 4 rings (SSSR count). The summed E-state index contributed by atoms with van der Waals surface area (Å²) in [5, 5.41) is 9.42. The Labute approximate surface area is 227 Å². The van der Waals surface area contributed by atoms with Crippen LogP contribution in [0.5, 0.6) is 0 Å². The number of nitrogens with zero attached hydrogens (tertiary/aromatic N) is 2. The minimum absolute atomic E-state index is 0.0920. The molecule has 2 aromatic heterocycles.